The number of aromatic nitrogens is 2. The van der Waals surface area contributed by atoms with E-state index in [4.69, 9.17) is 11.6 Å². The van der Waals surface area contributed by atoms with Crippen LogP contribution in [0.25, 0.3) is 6.08 Å². The summed E-state index contributed by atoms with van der Waals surface area (Å²) in [5.74, 6) is -0.125. The number of aliphatic imine (C=N–C) groups is 1. The molecule has 1 saturated heterocycles. The third-order valence-corrected chi connectivity index (χ3v) is 5.18. The van der Waals surface area contributed by atoms with Gasteiger partial charge in [-0.15, -0.1) is 16.8 Å². The second kappa shape index (κ2) is 7.29. The number of aryl methyl sites for hydroxylation is 1. The fraction of sp³-hybridized carbons (Fsp3) is 0.125. The molecule has 8 heteroatoms. The lowest BCUT2D eigenvalue weighted by atomic mass is 10.2. The average Bonchev–Trinajstić information content (AvgIpc) is 3.09. The summed E-state index contributed by atoms with van der Waals surface area (Å²) in [6.45, 7) is 5.94. The summed E-state index contributed by atoms with van der Waals surface area (Å²) in [6.07, 6.45) is 3.44. The Balaban J connectivity index is 1.96. The Morgan fingerprint density at radius 3 is 2.83 bits per heavy atom. The Hall–Kier alpha value is -1.96. The number of hydrogen-bond donors (Lipinski definition) is 0. The molecule has 0 N–H and O–H groups in total. The van der Waals surface area contributed by atoms with E-state index in [1.165, 1.54) is 23.1 Å². The van der Waals surface area contributed by atoms with Crippen molar-refractivity contribution in [3.63, 3.8) is 0 Å². The molecule has 0 aliphatic carbocycles. The fourth-order valence-corrected chi connectivity index (χ4v) is 3.82. The van der Waals surface area contributed by atoms with E-state index in [1.807, 2.05) is 25.1 Å². The maximum atomic E-state index is 12.6. The predicted molar refractivity (Wildman–Crippen MR) is 101 cm³/mol. The zero-order chi connectivity index (χ0) is 17.1. The van der Waals surface area contributed by atoms with E-state index in [-0.39, 0.29) is 5.91 Å². The van der Waals surface area contributed by atoms with Crippen LogP contribution >= 0.6 is 34.7 Å². The SMILES string of the molecule is C=CCN1C(=O)/C(=C\c2ccccc2Cl)S/C1=N\c1nnc(C)s1. The third-order valence-electron chi connectivity index (χ3n) is 3.10. The minimum Gasteiger partial charge on any atom is -0.282 e. The van der Waals surface area contributed by atoms with E-state index in [2.05, 4.69) is 21.8 Å². The van der Waals surface area contributed by atoms with Crippen LogP contribution in [0.2, 0.25) is 5.02 Å². The highest BCUT2D eigenvalue weighted by molar-refractivity contribution is 8.18. The van der Waals surface area contributed by atoms with Crippen LogP contribution in [-0.4, -0.2) is 32.7 Å². The molecule has 24 heavy (non-hydrogen) atoms. The standard InChI is InChI=1S/C16H13ClN4OS2/c1-3-8-21-14(22)13(9-11-6-4-5-7-12(11)17)24-16(21)18-15-20-19-10(2)23-15/h3-7,9H,1,8H2,2H3/b13-9+,18-16-. The number of amides is 1. The highest BCUT2D eigenvalue weighted by Gasteiger charge is 2.33. The van der Waals surface area contributed by atoms with E-state index < -0.39 is 0 Å². The largest absolute Gasteiger partial charge is 0.282 e. The second-order valence-corrected chi connectivity index (χ2v) is 7.41. The first-order valence-electron chi connectivity index (χ1n) is 7.04. The Morgan fingerprint density at radius 1 is 1.38 bits per heavy atom. The molecule has 0 bridgehead atoms. The predicted octanol–water partition coefficient (Wildman–Crippen LogP) is 4.29. The topological polar surface area (TPSA) is 58.5 Å². The van der Waals surface area contributed by atoms with Gasteiger partial charge in [-0.25, -0.2) is 0 Å². The fourth-order valence-electron chi connectivity index (χ4n) is 2.03. The van der Waals surface area contributed by atoms with Crippen molar-refractivity contribution in [3.8, 4) is 0 Å². The van der Waals surface area contributed by atoms with E-state index in [1.54, 1.807) is 23.1 Å². The van der Waals surface area contributed by atoms with Gasteiger partial charge >= 0.3 is 0 Å². The summed E-state index contributed by atoms with van der Waals surface area (Å²) >= 11 is 8.85. The van der Waals surface area contributed by atoms with Gasteiger partial charge in [0.05, 0.1) is 4.91 Å². The van der Waals surface area contributed by atoms with Gasteiger partial charge in [0.1, 0.15) is 5.01 Å². The van der Waals surface area contributed by atoms with E-state index in [0.717, 1.165) is 10.6 Å². The number of rotatable bonds is 4. The number of nitrogens with zero attached hydrogens (tertiary/aromatic N) is 4. The molecule has 1 amide bonds. The first kappa shape index (κ1) is 16.9. The lowest BCUT2D eigenvalue weighted by Gasteiger charge is -2.11. The zero-order valence-electron chi connectivity index (χ0n) is 12.8. The van der Waals surface area contributed by atoms with Crippen LogP contribution in [0.4, 0.5) is 5.13 Å². The van der Waals surface area contributed by atoms with Crippen molar-refractivity contribution in [2.45, 2.75) is 6.92 Å². The molecule has 1 fully saturated rings. The molecular formula is C16H13ClN4OS2. The van der Waals surface area contributed by atoms with Gasteiger partial charge in [-0.1, -0.05) is 47.2 Å². The van der Waals surface area contributed by atoms with Crippen LogP contribution in [0.15, 0.2) is 46.8 Å². The lowest BCUT2D eigenvalue weighted by molar-refractivity contribution is -0.121. The molecule has 0 saturated carbocycles. The molecule has 2 aromatic rings. The van der Waals surface area contributed by atoms with Crippen LogP contribution < -0.4 is 0 Å². The van der Waals surface area contributed by atoms with Crippen molar-refractivity contribution >= 4 is 57.0 Å². The molecule has 1 aliphatic heterocycles. The highest BCUT2D eigenvalue weighted by Crippen LogP contribution is 2.35. The molecule has 5 nitrogen and oxygen atoms in total. The van der Waals surface area contributed by atoms with Gasteiger partial charge in [-0.05, 0) is 36.4 Å². The van der Waals surface area contributed by atoms with Crippen LogP contribution in [0, 0.1) is 6.92 Å². The van der Waals surface area contributed by atoms with E-state index in [9.17, 15) is 4.79 Å². The van der Waals surface area contributed by atoms with Gasteiger partial charge in [0.2, 0.25) is 5.13 Å². The van der Waals surface area contributed by atoms with Crippen molar-refractivity contribution in [2.75, 3.05) is 6.54 Å². The smallest absolute Gasteiger partial charge is 0.267 e. The van der Waals surface area contributed by atoms with Gasteiger partial charge in [0.25, 0.3) is 5.91 Å². The molecule has 3 rings (SSSR count). The monoisotopic (exact) mass is 376 g/mol. The molecule has 1 aliphatic rings. The van der Waals surface area contributed by atoms with Gasteiger partial charge in [0.15, 0.2) is 5.17 Å². The molecule has 0 atom stereocenters. The zero-order valence-corrected chi connectivity index (χ0v) is 15.2. The van der Waals surface area contributed by atoms with Gasteiger partial charge in [-0.3, -0.25) is 9.69 Å². The van der Waals surface area contributed by atoms with E-state index in [0.29, 0.717) is 26.8 Å². The summed E-state index contributed by atoms with van der Waals surface area (Å²) in [5.41, 5.74) is 0.793. The molecule has 2 heterocycles. The van der Waals surface area contributed by atoms with Crippen molar-refractivity contribution in [1.82, 2.24) is 15.1 Å². The minimum absolute atomic E-state index is 0.125. The molecule has 1 aromatic heterocycles. The van der Waals surface area contributed by atoms with Gasteiger partial charge < -0.3 is 0 Å². The average molecular weight is 377 g/mol. The first-order chi connectivity index (χ1) is 11.6. The second-order valence-electron chi connectivity index (χ2n) is 4.83. The number of benzene rings is 1. The maximum Gasteiger partial charge on any atom is 0.267 e. The number of carbonyl (C=O) groups excluding carboxylic acids is 1. The lowest BCUT2D eigenvalue weighted by Crippen LogP contribution is -2.29. The maximum absolute atomic E-state index is 12.6. The summed E-state index contributed by atoms with van der Waals surface area (Å²) in [5, 5.41) is 10.4. The van der Waals surface area contributed by atoms with Crippen molar-refractivity contribution in [2.24, 2.45) is 4.99 Å². The Kier molecular flexibility index (Phi) is 5.13. The van der Waals surface area contributed by atoms with E-state index >= 15 is 0 Å². The number of hydrogen-bond acceptors (Lipinski definition) is 6. The Morgan fingerprint density at radius 2 is 2.17 bits per heavy atom. The molecule has 0 spiro atoms. The number of thioether (sulfide) groups is 1. The quantitative estimate of drug-likeness (QED) is 0.590. The minimum atomic E-state index is -0.125. The molecule has 122 valence electrons. The summed E-state index contributed by atoms with van der Waals surface area (Å²) in [6, 6.07) is 7.38. The van der Waals surface area contributed by atoms with Crippen LogP contribution in [0.5, 0.6) is 0 Å². The Bertz CT molecular complexity index is 859. The first-order valence-corrected chi connectivity index (χ1v) is 9.05. The van der Waals surface area contributed by atoms with Crippen LogP contribution in [0.1, 0.15) is 10.6 Å². The number of halogens is 1. The van der Waals surface area contributed by atoms with Gasteiger partial charge in [0, 0.05) is 11.6 Å². The highest BCUT2D eigenvalue weighted by atomic mass is 35.5. The molecule has 0 radical (unpaired) electrons. The molecular weight excluding hydrogens is 364 g/mol. The third kappa shape index (κ3) is 3.58. The molecule has 1 aromatic carbocycles. The summed E-state index contributed by atoms with van der Waals surface area (Å²) in [4.78, 5) is 19.2. The van der Waals surface area contributed by atoms with Gasteiger partial charge in [-0.2, -0.15) is 4.99 Å². The number of carbonyl (C=O) groups is 1. The Labute approximate surface area is 152 Å². The summed E-state index contributed by atoms with van der Waals surface area (Å²) in [7, 11) is 0. The van der Waals surface area contributed by atoms with Crippen molar-refractivity contribution < 1.29 is 4.79 Å². The summed E-state index contributed by atoms with van der Waals surface area (Å²) < 4.78 is 0. The van der Waals surface area contributed by atoms with Crippen molar-refractivity contribution in [3.05, 3.63) is 57.4 Å². The normalized spacial score (nSPS) is 17.9. The number of amidine groups is 1. The van der Waals surface area contributed by atoms with Crippen LogP contribution in [0.3, 0.4) is 0 Å². The molecule has 0 unspecified atom stereocenters. The van der Waals surface area contributed by atoms with Crippen molar-refractivity contribution in [1.29, 1.82) is 0 Å². The van der Waals surface area contributed by atoms with Crippen LogP contribution in [-0.2, 0) is 4.79 Å².